The van der Waals surface area contributed by atoms with Gasteiger partial charge in [0.2, 0.25) is 0 Å². The van der Waals surface area contributed by atoms with Crippen LogP contribution in [0.25, 0.3) is 0 Å². The molecule has 0 amide bonds. The molecule has 3 fully saturated rings. The molecule has 8 atom stereocenters. The number of carbonyl (C=O) groups is 2. The number of hydrogen-bond donors (Lipinski definition) is 0. The number of ether oxygens (including phenoxy) is 2. The fourth-order valence-electron chi connectivity index (χ4n) is 8.70. The van der Waals surface area contributed by atoms with Gasteiger partial charge in [-0.1, -0.05) is 25.5 Å². The third kappa shape index (κ3) is 5.68. The SMILES string of the molecule is C[C@H](OC(=O)C(F)(F)C(F)(F)C(F)(F)F)[C@H]1CCC2C3CC=C4C[C@@H](OC(=O)C(F)(F)C(F)(F)C(F)(F)F)CC[C@]4(C)C3CC[C@@]21C. The predicted molar refractivity (Wildman–Crippen MR) is 133 cm³/mol. The Morgan fingerprint density at radius 2 is 1.28 bits per heavy atom. The lowest BCUT2D eigenvalue weighted by atomic mass is 9.47. The highest BCUT2D eigenvalue weighted by Gasteiger charge is 2.78. The average Bonchev–Trinajstić information content (AvgIpc) is 3.29. The predicted octanol–water partition coefficient (Wildman–Crippen LogP) is 9.07. The van der Waals surface area contributed by atoms with Gasteiger partial charge >= 0.3 is 48.0 Å². The highest BCUT2D eigenvalue weighted by molar-refractivity contribution is 5.80. The lowest BCUT2D eigenvalue weighted by molar-refractivity contribution is -0.349. The zero-order valence-electron chi connectivity index (χ0n) is 25.1. The van der Waals surface area contributed by atoms with Gasteiger partial charge in [0, 0.05) is 12.3 Å². The Bertz CT molecular complexity index is 1270. The number of alkyl halides is 14. The summed E-state index contributed by atoms with van der Waals surface area (Å²) in [6.45, 7) is 4.82. The summed E-state index contributed by atoms with van der Waals surface area (Å²) < 4.78 is 193. The van der Waals surface area contributed by atoms with Crippen LogP contribution < -0.4 is 0 Å². The lowest BCUT2D eigenvalue weighted by Crippen LogP contribution is -2.57. The maximum atomic E-state index is 13.9. The molecule has 4 nitrogen and oxygen atoms in total. The van der Waals surface area contributed by atoms with Crippen molar-refractivity contribution < 1.29 is 80.5 Å². The van der Waals surface area contributed by atoms with Gasteiger partial charge in [0.05, 0.1) is 0 Å². The molecule has 0 aliphatic heterocycles. The standard InChI is InChI=1S/C29H32F14O4/c1-13(46-20(44)24(30,31)26(34,35)28(38,39)40)17-6-7-18-16-5-4-14-12-15(8-10-22(14,2)19(16)9-11-23(17,18)3)47-21(45)25(32,33)27(36,37)29(41,42)43/h4,13,15-19H,5-12H2,1-3H3/t13-,15-,16?,17+,18?,19?,22-,23+/m0/s1. The van der Waals surface area contributed by atoms with E-state index in [1.54, 1.807) is 13.0 Å². The van der Waals surface area contributed by atoms with Crippen molar-refractivity contribution in [2.45, 2.75) is 120 Å². The van der Waals surface area contributed by atoms with Crippen molar-refractivity contribution in [3.05, 3.63) is 11.6 Å². The Kier molecular flexibility index (Phi) is 9.08. The summed E-state index contributed by atoms with van der Waals surface area (Å²) >= 11 is 0. The molecular formula is C29H32F14O4. The summed E-state index contributed by atoms with van der Waals surface area (Å²) in [6, 6.07) is 0. The summed E-state index contributed by atoms with van der Waals surface area (Å²) in [7, 11) is 0. The summed E-state index contributed by atoms with van der Waals surface area (Å²) in [5.41, 5.74) is -0.679. The number of halogens is 14. The van der Waals surface area contributed by atoms with Crippen LogP contribution in [0.1, 0.15) is 72.1 Å². The van der Waals surface area contributed by atoms with E-state index >= 15 is 0 Å². The first-order valence-electron chi connectivity index (χ1n) is 14.8. The second kappa shape index (κ2) is 11.4. The minimum absolute atomic E-state index is 0.0830. The lowest BCUT2D eigenvalue weighted by Gasteiger charge is -2.58. The van der Waals surface area contributed by atoms with E-state index in [9.17, 15) is 71.1 Å². The van der Waals surface area contributed by atoms with Gasteiger partial charge in [-0.2, -0.15) is 61.5 Å². The van der Waals surface area contributed by atoms with E-state index in [0.717, 1.165) is 6.92 Å². The molecular weight excluding hydrogens is 678 g/mol. The van der Waals surface area contributed by atoms with Gasteiger partial charge in [-0.3, -0.25) is 0 Å². The van der Waals surface area contributed by atoms with Crippen LogP contribution in [0, 0.1) is 34.5 Å². The molecule has 3 unspecified atom stereocenters. The first kappa shape index (κ1) is 37.5. The minimum atomic E-state index is -6.71. The third-order valence-corrected chi connectivity index (χ3v) is 11.3. The summed E-state index contributed by atoms with van der Waals surface area (Å²) in [5.74, 6) is -32.6. The Hall–Kier alpha value is -2.30. The van der Waals surface area contributed by atoms with Crippen molar-refractivity contribution in [1.29, 1.82) is 0 Å². The number of rotatable bonds is 7. The van der Waals surface area contributed by atoms with Crippen LogP contribution in [-0.2, 0) is 19.1 Å². The second-order valence-corrected chi connectivity index (χ2v) is 13.7. The molecule has 4 aliphatic carbocycles. The molecule has 4 rings (SSSR count). The first-order chi connectivity index (χ1) is 21.1. The maximum Gasteiger partial charge on any atom is 0.460 e. The molecule has 0 aromatic rings. The quantitative estimate of drug-likeness (QED) is 0.150. The summed E-state index contributed by atoms with van der Waals surface area (Å²) in [4.78, 5) is 23.8. The van der Waals surface area contributed by atoms with Crippen molar-refractivity contribution in [3.8, 4) is 0 Å². The zero-order valence-corrected chi connectivity index (χ0v) is 25.1. The highest BCUT2D eigenvalue weighted by Crippen LogP contribution is 2.67. The van der Waals surface area contributed by atoms with Crippen LogP contribution in [0.5, 0.6) is 0 Å². The Morgan fingerprint density at radius 3 is 1.81 bits per heavy atom. The smallest absolute Gasteiger partial charge is 0.458 e. The molecule has 4 aliphatic rings. The van der Waals surface area contributed by atoms with Gasteiger partial charge in [-0.25, -0.2) is 9.59 Å². The number of allylic oxidation sites excluding steroid dienone is 1. The van der Waals surface area contributed by atoms with E-state index in [1.807, 2.05) is 6.92 Å². The maximum absolute atomic E-state index is 13.9. The molecule has 0 saturated heterocycles. The molecule has 3 saturated carbocycles. The molecule has 47 heavy (non-hydrogen) atoms. The zero-order chi connectivity index (χ0) is 36.0. The molecule has 0 radical (unpaired) electrons. The van der Waals surface area contributed by atoms with E-state index in [2.05, 4.69) is 9.47 Å². The first-order valence-corrected chi connectivity index (χ1v) is 14.8. The van der Waals surface area contributed by atoms with Crippen LogP contribution in [-0.4, -0.2) is 60.2 Å². The molecule has 0 aromatic heterocycles. The summed E-state index contributed by atoms with van der Waals surface area (Å²) in [6.07, 6.45) is -12.6. The average molecular weight is 711 g/mol. The van der Waals surface area contributed by atoms with Crippen LogP contribution in [0.3, 0.4) is 0 Å². The summed E-state index contributed by atoms with van der Waals surface area (Å²) in [5, 5.41) is 0. The van der Waals surface area contributed by atoms with E-state index in [0.29, 0.717) is 31.3 Å². The molecule has 18 heteroatoms. The van der Waals surface area contributed by atoms with Crippen molar-refractivity contribution in [2.24, 2.45) is 34.5 Å². The van der Waals surface area contributed by atoms with Gasteiger partial charge in [-0.05, 0) is 80.5 Å². The van der Waals surface area contributed by atoms with Crippen LogP contribution >= 0.6 is 0 Å². The Labute approximate surface area is 259 Å². The van der Waals surface area contributed by atoms with Gasteiger partial charge < -0.3 is 9.47 Å². The normalized spacial score (nSPS) is 34.4. The molecule has 0 heterocycles. The topological polar surface area (TPSA) is 52.6 Å². The monoisotopic (exact) mass is 710 g/mol. The number of hydrogen-bond acceptors (Lipinski definition) is 4. The van der Waals surface area contributed by atoms with Crippen molar-refractivity contribution in [2.75, 3.05) is 0 Å². The van der Waals surface area contributed by atoms with Crippen molar-refractivity contribution >= 4 is 11.9 Å². The van der Waals surface area contributed by atoms with Crippen LogP contribution in [0.2, 0.25) is 0 Å². The van der Waals surface area contributed by atoms with Crippen molar-refractivity contribution in [3.63, 3.8) is 0 Å². The van der Waals surface area contributed by atoms with Crippen molar-refractivity contribution in [1.82, 2.24) is 0 Å². The van der Waals surface area contributed by atoms with Gasteiger partial charge in [-0.15, -0.1) is 0 Å². The van der Waals surface area contributed by atoms with Gasteiger partial charge in [0.25, 0.3) is 0 Å². The minimum Gasteiger partial charge on any atom is -0.458 e. The van der Waals surface area contributed by atoms with E-state index in [1.165, 1.54) is 0 Å². The fourth-order valence-corrected chi connectivity index (χ4v) is 8.70. The van der Waals surface area contributed by atoms with E-state index < -0.39 is 76.9 Å². The van der Waals surface area contributed by atoms with Crippen LogP contribution in [0.15, 0.2) is 11.6 Å². The second-order valence-electron chi connectivity index (χ2n) is 13.7. The third-order valence-electron chi connectivity index (χ3n) is 11.3. The fraction of sp³-hybridized carbons (Fsp3) is 0.862. The number of fused-ring (bicyclic) bond motifs is 5. The largest absolute Gasteiger partial charge is 0.460 e. The van der Waals surface area contributed by atoms with Crippen LogP contribution in [0.4, 0.5) is 61.5 Å². The number of carbonyl (C=O) groups excluding carboxylic acids is 2. The van der Waals surface area contributed by atoms with E-state index in [4.69, 9.17) is 0 Å². The van der Waals surface area contributed by atoms with E-state index in [-0.39, 0.29) is 43.4 Å². The van der Waals surface area contributed by atoms with Gasteiger partial charge in [0.15, 0.2) is 0 Å². The molecule has 270 valence electrons. The van der Waals surface area contributed by atoms with Gasteiger partial charge in [0.1, 0.15) is 12.2 Å². The number of esters is 2. The molecule has 0 aromatic carbocycles. The highest BCUT2D eigenvalue weighted by atomic mass is 19.4. The Morgan fingerprint density at radius 1 is 0.745 bits per heavy atom. The molecule has 0 bridgehead atoms. The Balaban J connectivity index is 1.46. The molecule has 0 spiro atoms. The molecule has 0 N–H and O–H groups in total.